The molecule has 0 aliphatic heterocycles. The molecule has 0 aliphatic carbocycles. The number of methoxy groups -OCH3 is 1. The van der Waals surface area contributed by atoms with Gasteiger partial charge in [-0.05, 0) is 24.3 Å². The summed E-state index contributed by atoms with van der Waals surface area (Å²) in [5, 5.41) is 16.3. The fourth-order valence-electron chi connectivity index (χ4n) is 2.05. The number of para-hydroxylation sites is 1. The van der Waals surface area contributed by atoms with E-state index in [1.807, 2.05) is 35.7 Å². The third-order valence-corrected chi connectivity index (χ3v) is 3.90. The summed E-state index contributed by atoms with van der Waals surface area (Å²) < 4.78 is 5.27. The fraction of sp³-hybridized carbons (Fsp3) is 0.0588. The molecule has 2 aromatic carbocycles. The summed E-state index contributed by atoms with van der Waals surface area (Å²) >= 11 is 1.45. The van der Waals surface area contributed by atoms with E-state index < -0.39 is 0 Å². The van der Waals surface area contributed by atoms with Crippen molar-refractivity contribution < 1.29 is 9.84 Å². The molecule has 0 unspecified atom stereocenters. The lowest BCUT2D eigenvalue weighted by Gasteiger charge is -2.02. The van der Waals surface area contributed by atoms with Crippen LogP contribution in [0.5, 0.6) is 11.5 Å². The molecule has 6 heteroatoms. The van der Waals surface area contributed by atoms with E-state index in [0.29, 0.717) is 5.13 Å². The van der Waals surface area contributed by atoms with Gasteiger partial charge in [-0.25, -0.2) is 4.98 Å². The number of hydrogen-bond acceptors (Lipinski definition) is 6. The second-order valence-electron chi connectivity index (χ2n) is 4.70. The van der Waals surface area contributed by atoms with Crippen molar-refractivity contribution >= 4 is 22.7 Å². The van der Waals surface area contributed by atoms with Crippen molar-refractivity contribution in [3.63, 3.8) is 0 Å². The van der Waals surface area contributed by atoms with E-state index in [1.54, 1.807) is 31.5 Å². The predicted molar refractivity (Wildman–Crippen MR) is 93.4 cm³/mol. The summed E-state index contributed by atoms with van der Waals surface area (Å²) in [4.78, 5) is 4.45. The zero-order chi connectivity index (χ0) is 16.1. The molecule has 0 radical (unpaired) electrons. The lowest BCUT2D eigenvalue weighted by molar-refractivity contribution is 0.414. The third-order valence-electron chi connectivity index (χ3n) is 3.15. The highest BCUT2D eigenvalue weighted by molar-refractivity contribution is 7.14. The van der Waals surface area contributed by atoms with Gasteiger partial charge in [-0.2, -0.15) is 5.10 Å². The number of anilines is 1. The van der Waals surface area contributed by atoms with Gasteiger partial charge in [-0.15, -0.1) is 11.3 Å². The minimum atomic E-state index is 0.221. The summed E-state index contributed by atoms with van der Waals surface area (Å²) in [6.07, 6.45) is 1.69. The van der Waals surface area contributed by atoms with Gasteiger partial charge in [0.2, 0.25) is 5.13 Å². The van der Waals surface area contributed by atoms with Crippen LogP contribution < -0.4 is 10.2 Å². The Morgan fingerprint density at radius 3 is 2.91 bits per heavy atom. The molecule has 0 bridgehead atoms. The number of rotatable bonds is 5. The van der Waals surface area contributed by atoms with Crippen molar-refractivity contribution in [3.05, 3.63) is 59.5 Å². The highest BCUT2D eigenvalue weighted by Gasteiger charge is 2.04. The maximum absolute atomic E-state index is 9.52. The fourth-order valence-corrected chi connectivity index (χ4v) is 2.72. The van der Waals surface area contributed by atoms with Crippen LogP contribution in [-0.2, 0) is 0 Å². The summed E-state index contributed by atoms with van der Waals surface area (Å²) in [5.41, 5.74) is 5.45. The Morgan fingerprint density at radius 1 is 1.22 bits per heavy atom. The molecule has 0 fully saturated rings. The number of aromatic hydroxyl groups is 1. The quantitative estimate of drug-likeness (QED) is 0.550. The van der Waals surface area contributed by atoms with Gasteiger partial charge in [-0.1, -0.05) is 24.3 Å². The highest BCUT2D eigenvalue weighted by Crippen LogP contribution is 2.27. The predicted octanol–water partition coefficient (Wildman–Crippen LogP) is 3.97. The SMILES string of the molecule is COc1ccccc1/C=N/Nc1nc(-c2cccc(O)c2)cs1. The molecule has 0 saturated carbocycles. The van der Waals surface area contributed by atoms with Crippen molar-refractivity contribution in [2.75, 3.05) is 12.5 Å². The van der Waals surface area contributed by atoms with Gasteiger partial charge >= 0.3 is 0 Å². The third kappa shape index (κ3) is 3.67. The molecular formula is C17H15N3O2S. The van der Waals surface area contributed by atoms with Crippen molar-refractivity contribution in [2.24, 2.45) is 5.10 Å². The Kier molecular flexibility index (Phi) is 4.54. The molecule has 23 heavy (non-hydrogen) atoms. The van der Waals surface area contributed by atoms with E-state index in [1.165, 1.54) is 11.3 Å². The van der Waals surface area contributed by atoms with Crippen LogP contribution in [0.15, 0.2) is 59.0 Å². The average molecular weight is 325 g/mol. The molecule has 0 aliphatic rings. The molecule has 5 nitrogen and oxygen atoms in total. The van der Waals surface area contributed by atoms with Gasteiger partial charge in [0.05, 0.1) is 19.0 Å². The molecule has 0 spiro atoms. The molecule has 2 N–H and O–H groups in total. The zero-order valence-corrected chi connectivity index (χ0v) is 13.2. The number of phenolic OH excluding ortho intramolecular Hbond substituents is 1. The van der Waals surface area contributed by atoms with E-state index in [-0.39, 0.29) is 5.75 Å². The normalized spacial score (nSPS) is 10.8. The van der Waals surface area contributed by atoms with Crippen LogP contribution >= 0.6 is 11.3 Å². The molecule has 1 aromatic heterocycles. The van der Waals surface area contributed by atoms with Gasteiger partial charge in [0.1, 0.15) is 11.5 Å². The Bertz CT molecular complexity index is 830. The smallest absolute Gasteiger partial charge is 0.203 e. The summed E-state index contributed by atoms with van der Waals surface area (Å²) in [6, 6.07) is 14.6. The van der Waals surface area contributed by atoms with Crippen LogP contribution in [0.2, 0.25) is 0 Å². The first-order valence-corrected chi connectivity index (χ1v) is 7.81. The van der Waals surface area contributed by atoms with E-state index in [2.05, 4.69) is 15.5 Å². The highest BCUT2D eigenvalue weighted by atomic mass is 32.1. The van der Waals surface area contributed by atoms with E-state index in [4.69, 9.17) is 4.74 Å². The molecule has 3 rings (SSSR count). The number of ether oxygens (including phenoxy) is 1. The van der Waals surface area contributed by atoms with Crippen LogP contribution in [0.3, 0.4) is 0 Å². The number of aromatic nitrogens is 1. The van der Waals surface area contributed by atoms with Crippen LogP contribution in [0, 0.1) is 0 Å². The largest absolute Gasteiger partial charge is 0.508 e. The number of benzene rings is 2. The monoisotopic (exact) mass is 325 g/mol. The van der Waals surface area contributed by atoms with E-state index in [0.717, 1.165) is 22.6 Å². The number of hydrazone groups is 1. The maximum Gasteiger partial charge on any atom is 0.203 e. The summed E-state index contributed by atoms with van der Waals surface area (Å²) in [7, 11) is 1.63. The summed E-state index contributed by atoms with van der Waals surface area (Å²) in [5.74, 6) is 0.983. The number of phenols is 1. The zero-order valence-electron chi connectivity index (χ0n) is 12.4. The molecule has 3 aromatic rings. The molecular weight excluding hydrogens is 310 g/mol. The Morgan fingerprint density at radius 2 is 2.09 bits per heavy atom. The second kappa shape index (κ2) is 6.93. The van der Waals surface area contributed by atoms with Crippen molar-refractivity contribution in [3.8, 4) is 22.8 Å². The van der Waals surface area contributed by atoms with Gasteiger partial charge < -0.3 is 9.84 Å². The van der Waals surface area contributed by atoms with Gasteiger partial charge in [0.25, 0.3) is 0 Å². The van der Waals surface area contributed by atoms with Crippen molar-refractivity contribution in [2.45, 2.75) is 0 Å². The first-order valence-electron chi connectivity index (χ1n) is 6.93. The average Bonchev–Trinajstić information content (AvgIpc) is 3.04. The minimum Gasteiger partial charge on any atom is -0.508 e. The Balaban J connectivity index is 1.71. The van der Waals surface area contributed by atoms with Crippen LogP contribution in [0.1, 0.15) is 5.56 Å². The van der Waals surface area contributed by atoms with Gasteiger partial charge in [0, 0.05) is 16.5 Å². The van der Waals surface area contributed by atoms with Crippen molar-refractivity contribution in [1.29, 1.82) is 0 Å². The van der Waals surface area contributed by atoms with Gasteiger partial charge in [-0.3, -0.25) is 5.43 Å². The van der Waals surface area contributed by atoms with Crippen LogP contribution in [0.4, 0.5) is 5.13 Å². The number of hydrogen-bond donors (Lipinski definition) is 2. The lowest BCUT2D eigenvalue weighted by atomic mass is 10.2. The molecule has 1 heterocycles. The molecule has 0 amide bonds. The van der Waals surface area contributed by atoms with Crippen LogP contribution in [0.25, 0.3) is 11.3 Å². The Hall–Kier alpha value is -2.86. The van der Waals surface area contributed by atoms with E-state index in [9.17, 15) is 5.11 Å². The van der Waals surface area contributed by atoms with E-state index >= 15 is 0 Å². The maximum atomic E-state index is 9.52. The topological polar surface area (TPSA) is 66.7 Å². The lowest BCUT2D eigenvalue weighted by Crippen LogP contribution is -1.93. The molecule has 0 atom stereocenters. The molecule has 116 valence electrons. The van der Waals surface area contributed by atoms with Gasteiger partial charge in [0.15, 0.2) is 0 Å². The first kappa shape index (κ1) is 15.1. The van der Waals surface area contributed by atoms with Crippen LogP contribution in [-0.4, -0.2) is 23.4 Å². The first-order chi connectivity index (χ1) is 11.3. The number of thiazole rings is 1. The minimum absolute atomic E-state index is 0.221. The number of nitrogens with one attached hydrogen (secondary N) is 1. The number of nitrogens with zero attached hydrogens (tertiary/aromatic N) is 2. The standard InChI is InChI=1S/C17H15N3O2S/c1-22-16-8-3-2-5-13(16)10-18-20-17-19-15(11-23-17)12-6-4-7-14(21)9-12/h2-11,21H,1H3,(H,19,20)/b18-10+. The Labute approximate surface area is 137 Å². The second-order valence-corrected chi connectivity index (χ2v) is 5.56. The summed E-state index contributed by atoms with van der Waals surface area (Å²) in [6.45, 7) is 0. The van der Waals surface area contributed by atoms with Crippen molar-refractivity contribution in [1.82, 2.24) is 4.98 Å². The molecule has 0 saturated heterocycles.